The summed E-state index contributed by atoms with van der Waals surface area (Å²) in [6.07, 6.45) is -0.288. The lowest BCUT2D eigenvalue weighted by atomic mass is 10.3. The van der Waals surface area contributed by atoms with Gasteiger partial charge in [-0.3, -0.25) is 9.97 Å². The van der Waals surface area contributed by atoms with Gasteiger partial charge in [-0.25, -0.2) is 4.98 Å². The molecule has 0 N–H and O–H groups in total. The molecule has 0 spiro atoms. The minimum atomic E-state index is -4.63. The maximum Gasteiger partial charge on any atom is 0.433 e. The third-order valence-corrected chi connectivity index (χ3v) is 2.74. The van der Waals surface area contributed by atoms with Crippen LogP contribution in [0.5, 0.6) is 11.6 Å². The van der Waals surface area contributed by atoms with Gasteiger partial charge in [-0.1, -0.05) is 6.07 Å². The highest BCUT2D eigenvalue weighted by Gasteiger charge is 2.34. The summed E-state index contributed by atoms with van der Waals surface area (Å²) < 4.78 is 44.4. The van der Waals surface area contributed by atoms with Gasteiger partial charge in [0.15, 0.2) is 11.5 Å². The second-order valence-electron chi connectivity index (χ2n) is 4.42. The maximum atomic E-state index is 13.0. The lowest BCUT2D eigenvalue weighted by molar-refractivity contribution is -0.141. The van der Waals surface area contributed by atoms with E-state index in [1.54, 1.807) is 24.3 Å². The zero-order chi connectivity index (χ0) is 16.3. The average molecular weight is 318 g/mol. The van der Waals surface area contributed by atoms with Crippen molar-refractivity contribution >= 4 is 0 Å². The second-order valence-corrected chi connectivity index (χ2v) is 4.42. The molecule has 0 saturated carbocycles. The van der Waals surface area contributed by atoms with Gasteiger partial charge in [-0.15, -0.1) is 0 Å². The summed E-state index contributed by atoms with van der Waals surface area (Å²) in [6.45, 7) is 0. The van der Waals surface area contributed by atoms with E-state index in [4.69, 9.17) is 4.74 Å². The van der Waals surface area contributed by atoms with Crippen molar-refractivity contribution in [2.45, 2.75) is 6.18 Å². The summed E-state index contributed by atoms with van der Waals surface area (Å²) in [5.41, 5.74) is -0.887. The maximum absolute atomic E-state index is 13.0. The fourth-order valence-electron chi connectivity index (χ4n) is 1.76. The zero-order valence-corrected chi connectivity index (χ0v) is 11.5. The van der Waals surface area contributed by atoms with Gasteiger partial charge < -0.3 is 4.74 Å². The smallest absolute Gasteiger partial charge is 0.433 e. The van der Waals surface area contributed by atoms with E-state index in [2.05, 4.69) is 19.9 Å². The molecule has 0 aliphatic heterocycles. The Labute approximate surface area is 128 Å². The Balaban J connectivity index is 2.05. The van der Waals surface area contributed by atoms with Crippen LogP contribution < -0.4 is 4.74 Å². The van der Waals surface area contributed by atoms with Crippen LogP contribution in [-0.4, -0.2) is 19.9 Å². The van der Waals surface area contributed by atoms with Crippen LogP contribution in [0, 0.1) is 0 Å². The minimum absolute atomic E-state index is 0.167. The second kappa shape index (κ2) is 5.99. The Bertz CT molecular complexity index is 795. The van der Waals surface area contributed by atoms with Crippen molar-refractivity contribution in [1.82, 2.24) is 19.9 Å². The summed E-state index contributed by atoms with van der Waals surface area (Å²) in [7, 11) is 0. The van der Waals surface area contributed by atoms with Gasteiger partial charge in [0.05, 0.1) is 6.20 Å². The number of pyridine rings is 2. The standard InChI is InChI=1S/C15H9F3N4O/c16-15(17,18)12-8-13(23-10-4-3-6-19-9-10)22-14(21-12)11-5-1-2-7-20-11/h1-9H. The van der Waals surface area contributed by atoms with Crippen LogP contribution in [0.1, 0.15) is 5.69 Å². The van der Waals surface area contributed by atoms with Crippen molar-refractivity contribution in [2.75, 3.05) is 0 Å². The normalized spacial score (nSPS) is 11.3. The molecule has 0 aromatic carbocycles. The van der Waals surface area contributed by atoms with E-state index in [1.165, 1.54) is 24.7 Å². The number of hydrogen-bond donors (Lipinski definition) is 0. The molecule has 3 aromatic heterocycles. The molecule has 0 unspecified atom stereocenters. The molecule has 5 nitrogen and oxygen atoms in total. The van der Waals surface area contributed by atoms with Gasteiger partial charge in [-0.2, -0.15) is 18.2 Å². The summed E-state index contributed by atoms with van der Waals surface area (Å²) in [6, 6.07) is 8.68. The first-order chi connectivity index (χ1) is 11.0. The Morgan fingerprint density at radius 2 is 1.83 bits per heavy atom. The fourth-order valence-corrected chi connectivity index (χ4v) is 1.76. The van der Waals surface area contributed by atoms with Gasteiger partial charge in [0.25, 0.3) is 0 Å². The number of rotatable bonds is 3. The van der Waals surface area contributed by atoms with Gasteiger partial charge in [0, 0.05) is 18.5 Å². The quantitative estimate of drug-likeness (QED) is 0.736. The average Bonchev–Trinajstić information content (AvgIpc) is 2.55. The van der Waals surface area contributed by atoms with Crippen molar-refractivity contribution < 1.29 is 17.9 Å². The molecule has 0 fully saturated rings. The molecule has 116 valence electrons. The number of nitrogens with zero attached hydrogens (tertiary/aromatic N) is 4. The Kier molecular flexibility index (Phi) is 3.88. The molecule has 3 aromatic rings. The third kappa shape index (κ3) is 3.60. The van der Waals surface area contributed by atoms with Crippen LogP contribution in [0.2, 0.25) is 0 Å². The molecule has 3 rings (SSSR count). The van der Waals surface area contributed by atoms with Gasteiger partial charge >= 0.3 is 6.18 Å². The molecule has 0 aliphatic carbocycles. The van der Waals surface area contributed by atoms with Crippen molar-refractivity contribution in [1.29, 1.82) is 0 Å². The number of halogens is 3. The molecule has 0 bridgehead atoms. The molecule has 0 radical (unpaired) electrons. The topological polar surface area (TPSA) is 60.8 Å². The highest BCUT2D eigenvalue weighted by Crippen LogP contribution is 2.32. The number of aromatic nitrogens is 4. The minimum Gasteiger partial charge on any atom is -0.437 e. The molecule has 0 amide bonds. The first-order valence-corrected chi connectivity index (χ1v) is 6.48. The number of hydrogen-bond acceptors (Lipinski definition) is 5. The summed E-state index contributed by atoms with van der Waals surface area (Å²) in [5, 5.41) is 0. The van der Waals surface area contributed by atoms with E-state index in [9.17, 15) is 13.2 Å². The summed E-state index contributed by atoms with van der Waals surface area (Å²) in [5.74, 6) is -0.133. The van der Waals surface area contributed by atoms with Crippen molar-refractivity contribution in [3.05, 3.63) is 60.7 Å². The molecule has 3 heterocycles. The fraction of sp³-hybridized carbons (Fsp3) is 0.0667. The van der Waals surface area contributed by atoms with E-state index >= 15 is 0 Å². The summed E-state index contributed by atoms with van der Waals surface area (Å²) >= 11 is 0. The number of ether oxygens (including phenoxy) is 1. The van der Waals surface area contributed by atoms with E-state index < -0.39 is 11.9 Å². The van der Waals surface area contributed by atoms with E-state index in [0.29, 0.717) is 0 Å². The first kappa shape index (κ1) is 14.9. The number of alkyl halides is 3. The SMILES string of the molecule is FC(F)(F)c1cc(Oc2cccnc2)nc(-c2ccccn2)n1. The van der Waals surface area contributed by atoms with Crippen LogP contribution in [0.4, 0.5) is 13.2 Å². The van der Waals surface area contributed by atoms with Gasteiger partial charge in [0.1, 0.15) is 11.4 Å². The van der Waals surface area contributed by atoms with Crippen molar-refractivity contribution in [3.63, 3.8) is 0 Å². The Morgan fingerprint density at radius 1 is 0.957 bits per heavy atom. The highest BCUT2D eigenvalue weighted by molar-refractivity contribution is 5.50. The van der Waals surface area contributed by atoms with E-state index in [0.717, 1.165) is 6.07 Å². The molecule has 8 heteroatoms. The Morgan fingerprint density at radius 3 is 2.48 bits per heavy atom. The molecular formula is C15H9F3N4O. The van der Waals surface area contributed by atoms with Gasteiger partial charge in [-0.05, 0) is 24.3 Å². The van der Waals surface area contributed by atoms with Gasteiger partial charge in [0.2, 0.25) is 5.88 Å². The van der Waals surface area contributed by atoms with Crippen LogP contribution in [0.15, 0.2) is 55.0 Å². The monoisotopic (exact) mass is 318 g/mol. The molecule has 0 aliphatic rings. The predicted octanol–water partition coefficient (Wildman–Crippen LogP) is 3.74. The van der Waals surface area contributed by atoms with Crippen LogP contribution in [0.25, 0.3) is 11.5 Å². The molecule has 0 atom stereocenters. The lowest BCUT2D eigenvalue weighted by Crippen LogP contribution is -2.10. The Hall–Kier alpha value is -3.03. The van der Waals surface area contributed by atoms with Crippen LogP contribution in [0.3, 0.4) is 0 Å². The predicted molar refractivity (Wildman–Crippen MR) is 74.6 cm³/mol. The van der Waals surface area contributed by atoms with Crippen LogP contribution in [-0.2, 0) is 6.18 Å². The summed E-state index contributed by atoms with van der Waals surface area (Å²) in [4.78, 5) is 15.3. The van der Waals surface area contributed by atoms with Crippen LogP contribution >= 0.6 is 0 Å². The molecule has 0 saturated heterocycles. The molecular weight excluding hydrogens is 309 g/mol. The first-order valence-electron chi connectivity index (χ1n) is 6.48. The van der Waals surface area contributed by atoms with Crippen molar-refractivity contribution in [3.8, 4) is 23.1 Å². The molecule has 23 heavy (non-hydrogen) atoms. The largest absolute Gasteiger partial charge is 0.437 e. The van der Waals surface area contributed by atoms with Crippen molar-refractivity contribution in [2.24, 2.45) is 0 Å². The highest BCUT2D eigenvalue weighted by atomic mass is 19.4. The van der Waals surface area contributed by atoms with E-state index in [1.807, 2.05) is 0 Å². The third-order valence-electron chi connectivity index (χ3n) is 2.74. The van der Waals surface area contributed by atoms with E-state index in [-0.39, 0.29) is 23.1 Å². The lowest BCUT2D eigenvalue weighted by Gasteiger charge is -2.10. The zero-order valence-electron chi connectivity index (χ0n) is 11.5.